The molecule has 0 fully saturated rings. The lowest BCUT2D eigenvalue weighted by Gasteiger charge is -2.20. The molecule has 0 aliphatic carbocycles. The molecule has 6 nitrogen and oxygen atoms in total. The normalized spacial score (nSPS) is 10.2. The van der Waals surface area contributed by atoms with Crippen molar-refractivity contribution in [3.05, 3.63) is 84.2 Å². The van der Waals surface area contributed by atoms with Gasteiger partial charge in [-0.1, -0.05) is 24.3 Å². The number of ether oxygens (including phenoxy) is 1. The van der Waals surface area contributed by atoms with Gasteiger partial charge in [0.1, 0.15) is 17.1 Å². The lowest BCUT2D eigenvalue weighted by Crippen LogP contribution is -2.31. The molecule has 6 heteroatoms. The molecule has 1 aromatic heterocycles. The van der Waals surface area contributed by atoms with Gasteiger partial charge in [0.15, 0.2) is 0 Å². The standard InChI is InChI=1S/C22H21N3O3/c1-3-25(17-8-5-4-6-9-17)22(27)20-11-7-10-19(24-20)21(26)23-16-12-14-18(28-2)15-13-16/h4-15H,3H2,1-2H3,(H,23,26). The Kier molecular flexibility index (Phi) is 6.01. The van der Waals surface area contributed by atoms with Gasteiger partial charge in [-0.15, -0.1) is 0 Å². The average molecular weight is 375 g/mol. The molecule has 0 atom stereocenters. The van der Waals surface area contributed by atoms with E-state index in [9.17, 15) is 9.59 Å². The first kappa shape index (κ1) is 19.1. The van der Waals surface area contributed by atoms with Crippen molar-refractivity contribution in [1.29, 1.82) is 0 Å². The third-order valence-electron chi connectivity index (χ3n) is 4.18. The zero-order valence-corrected chi connectivity index (χ0v) is 15.8. The Morgan fingerprint density at radius 2 is 1.61 bits per heavy atom. The van der Waals surface area contributed by atoms with Crippen LogP contribution in [0.3, 0.4) is 0 Å². The number of hydrogen-bond donors (Lipinski definition) is 1. The number of anilines is 2. The van der Waals surface area contributed by atoms with Crippen molar-refractivity contribution in [3.8, 4) is 5.75 Å². The minimum Gasteiger partial charge on any atom is -0.497 e. The van der Waals surface area contributed by atoms with E-state index in [1.807, 2.05) is 37.3 Å². The van der Waals surface area contributed by atoms with Crippen LogP contribution in [-0.2, 0) is 0 Å². The van der Waals surface area contributed by atoms with Crippen molar-refractivity contribution < 1.29 is 14.3 Å². The van der Waals surface area contributed by atoms with Crippen LogP contribution in [0.5, 0.6) is 5.75 Å². The van der Waals surface area contributed by atoms with Crippen molar-refractivity contribution in [2.45, 2.75) is 6.92 Å². The van der Waals surface area contributed by atoms with E-state index >= 15 is 0 Å². The number of nitrogens with zero attached hydrogens (tertiary/aromatic N) is 2. The zero-order chi connectivity index (χ0) is 19.9. The lowest BCUT2D eigenvalue weighted by atomic mass is 10.2. The lowest BCUT2D eigenvalue weighted by molar-refractivity contribution is 0.0983. The molecule has 0 saturated carbocycles. The largest absolute Gasteiger partial charge is 0.497 e. The smallest absolute Gasteiger partial charge is 0.276 e. The predicted molar refractivity (Wildman–Crippen MR) is 109 cm³/mol. The summed E-state index contributed by atoms with van der Waals surface area (Å²) in [5, 5.41) is 2.77. The Bertz CT molecular complexity index is 956. The van der Waals surface area contributed by atoms with Crippen molar-refractivity contribution in [2.75, 3.05) is 23.9 Å². The summed E-state index contributed by atoms with van der Waals surface area (Å²) >= 11 is 0. The van der Waals surface area contributed by atoms with Crippen molar-refractivity contribution in [2.24, 2.45) is 0 Å². The van der Waals surface area contributed by atoms with Gasteiger partial charge in [-0.3, -0.25) is 9.59 Å². The molecule has 0 aliphatic rings. The summed E-state index contributed by atoms with van der Waals surface area (Å²) < 4.78 is 5.10. The summed E-state index contributed by atoms with van der Waals surface area (Å²) in [6.45, 7) is 2.39. The van der Waals surface area contributed by atoms with Crippen LogP contribution in [0.25, 0.3) is 0 Å². The first-order valence-corrected chi connectivity index (χ1v) is 8.91. The second-order valence-electron chi connectivity index (χ2n) is 5.98. The number of benzene rings is 2. The zero-order valence-electron chi connectivity index (χ0n) is 15.8. The summed E-state index contributed by atoms with van der Waals surface area (Å²) in [7, 11) is 1.58. The molecule has 0 unspecified atom stereocenters. The maximum Gasteiger partial charge on any atom is 0.276 e. The van der Waals surface area contributed by atoms with E-state index in [-0.39, 0.29) is 23.2 Å². The monoisotopic (exact) mass is 375 g/mol. The van der Waals surface area contributed by atoms with Crippen LogP contribution in [0.15, 0.2) is 72.8 Å². The van der Waals surface area contributed by atoms with E-state index in [1.165, 1.54) is 0 Å². The molecular formula is C22H21N3O3. The third-order valence-corrected chi connectivity index (χ3v) is 4.18. The fraction of sp³-hybridized carbons (Fsp3) is 0.136. The number of methoxy groups -OCH3 is 1. The van der Waals surface area contributed by atoms with Gasteiger partial charge in [0.05, 0.1) is 7.11 Å². The summed E-state index contributed by atoms with van der Waals surface area (Å²) in [5.41, 5.74) is 1.78. The van der Waals surface area contributed by atoms with Crippen LogP contribution in [0.1, 0.15) is 27.9 Å². The molecule has 0 bridgehead atoms. The first-order chi connectivity index (χ1) is 13.6. The molecule has 28 heavy (non-hydrogen) atoms. The Morgan fingerprint density at radius 3 is 2.25 bits per heavy atom. The molecule has 0 spiro atoms. The first-order valence-electron chi connectivity index (χ1n) is 8.91. The average Bonchev–Trinajstić information content (AvgIpc) is 2.75. The van der Waals surface area contributed by atoms with E-state index < -0.39 is 0 Å². The van der Waals surface area contributed by atoms with Crippen molar-refractivity contribution >= 4 is 23.2 Å². The second-order valence-corrected chi connectivity index (χ2v) is 5.98. The molecule has 142 valence electrons. The highest BCUT2D eigenvalue weighted by atomic mass is 16.5. The number of nitrogens with one attached hydrogen (secondary N) is 1. The molecule has 1 heterocycles. The molecular weight excluding hydrogens is 354 g/mol. The Labute approximate surface area is 163 Å². The summed E-state index contributed by atoms with van der Waals surface area (Å²) in [6, 6.07) is 21.2. The number of amides is 2. The molecule has 0 aliphatic heterocycles. The molecule has 2 amide bonds. The number of rotatable bonds is 6. The molecule has 0 saturated heterocycles. The van der Waals surface area contributed by atoms with Crippen LogP contribution in [0, 0.1) is 0 Å². The van der Waals surface area contributed by atoms with Crippen LogP contribution < -0.4 is 15.0 Å². The van der Waals surface area contributed by atoms with Gasteiger partial charge in [-0.05, 0) is 55.5 Å². The molecule has 1 N–H and O–H groups in total. The quantitative estimate of drug-likeness (QED) is 0.707. The molecule has 0 radical (unpaired) electrons. The van der Waals surface area contributed by atoms with Crippen LogP contribution in [-0.4, -0.2) is 30.5 Å². The fourth-order valence-corrected chi connectivity index (χ4v) is 2.74. The fourth-order valence-electron chi connectivity index (χ4n) is 2.74. The van der Waals surface area contributed by atoms with Gasteiger partial charge in [0, 0.05) is 17.9 Å². The Hall–Kier alpha value is -3.67. The Morgan fingerprint density at radius 1 is 0.929 bits per heavy atom. The molecule has 2 aromatic carbocycles. The number of carbonyl (C=O) groups is 2. The van der Waals surface area contributed by atoms with E-state index in [2.05, 4.69) is 10.3 Å². The van der Waals surface area contributed by atoms with Crippen molar-refractivity contribution in [1.82, 2.24) is 4.98 Å². The summed E-state index contributed by atoms with van der Waals surface area (Å²) in [5.74, 6) is 0.0552. The van der Waals surface area contributed by atoms with Gasteiger partial charge in [-0.2, -0.15) is 0 Å². The predicted octanol–water partition coefficient (Wildman–Crippen LogP) is 4.01. The third kappa shape index (κ3) is 4.35. The van der Waals surface area contributed by atoms with Crippen LogP contribution >= 0.6 is 0 Å². The SMILES string of the molecule is CCN(C(=O)c1cccc(C(=O)Nc2ccc(OC)cc2)n1)c1ccccc1. The van der Waals surface area contributed by atoms with Crippen molar-refractivity contribution in [3.63, 3.8) is 0 Å². The van der Waals surface area contributed by atoms with Gasteiger partial charge in [0.25, 0.3) is 11.8 Å². The summed E-state index contributed by atoms with van der Waals surface area (Å²) in [6.07, 6.45) is 0. The minimum absolute atomic E-state index is 0.172. The highest BCUT2D eigenvalue weighted by Crippen LogP contribution is 2.17. The number of para-hydroxylation sites is 1. The van der Waals surface area contributed by atoms with Crippen LogP contribution in [0.4, 0.5) is 11.4 Å². The highest BCUT2D eigenvalue weighted by molar-refractivity contribution is 6.07. The maximum atomic E-state index is 12.9. The molecule has 3 aromatic rings. The number of carbonyl (C=O) groups excluding carboxylic acids is 2. The second kappa shape index (κ2) is 8.81. The van der Waals surface area contributed by atoms with Gasteiger partial charge in [0.2, 0.25) is 0 Å². The molecule has 3 rings (SSSR count). The van der Waals surface area contributed by atoms with E-state index in [1.54, 1.807) is 54.5 Å². The van der Waals surface area contributed by atoms with E-state index in [4.69, 9.17) is 4.74 Å². The topological polar surface area (TPSA) is 71.5 Å². The van der Waals surface area contributed by atoms with Crippen LogP contribution in [0.2, 0.25) is 0 Å². The Balaban J connectivity index is 1.78. The summed E-state index contributed by atoms with van der Waals surface area (Å²) in [4.78, 5) is 31.3. The highest BCUT2D eigenvalue weighted by Gasteiger charge is 2.19. The van der Waals surface area contributed by atoms with E-state index in [0.717, 1.165) is 5.69 Å². The van der Waals surface area contributed by atoms with Gasteiger partial charge >= 0.3 is 0 Å². The number of pyridine rings is 1. The number of aromatic nitrogens is 1. The minimum atomic E-state index is -0.387. The van der Waals surface area contributed by atoms with Gasteiger partial charge < -0.3 is 15.0 Å². The number of hydrogen-bond acceptors (Lipinski definition) is 4. The van der Waals surface area contributed by atoms with E-state index in [0.29, 0.717) is 18.0 Å². The van der Waals surface area contributed by atoms with Gasteiger partial charge in [-0.25, -0.2) is 4.98 Å². The maximum absolute atomic E-state index is 12.9.